The van der Waals surface area contributed by atoms with E-state index in [1.54, 1.807) is 6.07 Å². The molecule has 1 aliphatic rings. The Morgan fingerprint density at radius 3 is 3.14 bits per heavy atom. The fourth-order valence-corrected chi connectivity index (χ4v) is 2.88. The van der Waals surface area contributed by atoms with Gasteiger partial charge in [-0.2, -0.15) is 5.10 Å². The minimum Gasteiger partial charge on any atom is -0.361 e. The molecule has 0 aromatic carbocycles. The van der Waals surface area contributed by atoms with Crippen molar-refractivity contribution in [2.75, 3.05) is 5.32 Å². The van der Waals surface area contributed by atoms with Crippen LogP contribution < -0.4 is 5.32 Å². The number of anilines is 1. The number of rotatable bonds is 4. The molecule has 22 heavy (non-hydrogen) atoms. The van der Waals surface area contributed by atoms with Crippen LogP contribution in [0.4, 0.5) is 5.82 Å². The van der Waals surface area contributed by atoms with Crippen LogP contribution in [-0.2, 0) is 11.2 Å². The van der Waals surface area contributed by atoms with E-state index in [1.165, 1.54) is 19.3 Å². The zero-order valence-corrected chi connectivity index (χ0v) is 12.8. The highest BCUT2D eigenvalue weighted by Gasteiger charge is 2.17. The van der Waals surface area contributed by atoms with Crippen molar-refractivity contribution in [2.24, 2.45) is 0 Å². The Kier molecular flexibility index (Phi) is 4.56. The number of aromatic amines is 1. The van der Waals surface area contributed by atoms with E-state index >= 15 is 0 Å². The monoisotopic (exact) mass is 301 g/mol. The molecule has 1 unspecified atom stereocenters. The molecule has 1 atom stereocenters. The lowest BCUT2D eigenvalue weighted by molar-refractivity contribution is -0.115. The number of amides is 1. The average molecular weight is 301 g/mol. The Morgan fingerprint density at radius 2 is 2.32 bits per heavy atom. The maximum atomic E-state index is 12.0. The van der Waals surface area contributed by atoms with Crippen LogP contribution in [0.3, 0.4) is 0 Å². The van der Waals surface area contributed by atoms with E-state index < -0.39 is 0 Å². The molecule has 1 saturated carbocycles. The van der Waals surface area contributed by atoms with Gasteiger partial charge in [0.1, 0.15) is 5.76 Å². The van der Waals surface area contributed by atoms with Gasteiger partial charge in [0.2, 0.25) is 5.91 Å². The Balaban J connectivity index is 1.57. The zero-order valence-electron chi connectivity index (χ0n) is 12.8. The normalized spacial score (nSPS) is 16.4. The van der Waals surface area contributed by atoms with Crippen molar-refractivity contribution in [1.82, 2.24) is 15.4 Å². The summed E-state index contributed by atoms with van der Waals surface area (Å²) in [6.07, 6.45) is 8.41. The first-order chi connectivity index (χ1) is 10.7. The van der Waals surface area contributed by atoms with E-state index in [-0.39, 0.29) is 12.3 Å². The number of carbonyl (C=O) groups excluding carboxylic acids is 1. The van der Waals surface area contributed by atoms with Crippen molar-refractivity contribution in [3.8, 4) is 0 Å². The van der Waals surface area contributed by atoms with Crippen LogP contribution in [0.5, 0.6) is 0 Å². The third kappa shape index (κ3) is 3.75. The number of nitrogens with zero attached hydrogens (tertiary/aromatic N) is 2. The van der Waals surface area contributed by atoms with E-state index in [9.17, 15) is 4.79 Å². The van der Waals surface area contributed by atoms with Gasteiger partial charge < -0.3 is 9.84 Å². The van der Waals surface area contributed by atoms with Gasteiger partial charge >= 0.3 is 0 Å². The Labute approximate surface area is 129 Å². The first-order valence-electron chi connectivity index (χ1n) is 7.80. The molecule has 1 fully saturated rings. The van der Waals surface area contributed by atoms with Crippen LogP contribution >= 0.6 is 0 Å². The SMILES string of the molecule is Cc1cc(CC(=O)Nc2cc(C3CC[CH]CCC3)[nH]n2)on1. The lowest BCUT2D eigenvalue weighted by Crippen LogP contribution is -2.14. The average Bonchev–Trinajstić information content (AvgIpc) is 3.00. The third-order valence-electron chi connectivity index (χ3n) is 4.00. The molecule has 0 spiro atoms. The van der Waals surface area contributed by atoms with E-state index in [1.807, 2.05) is 13.0 Å². The summed E-state index contributed by atoms with van der Waals surface area (Å²) in [5, 5.41) is 13.8. The second-order valence-electron chi connectivity index (χ2n) is 5.86. The van der Waals surface area contributed by atoms with Crippen molar-refractivity contribution < 1.29 is 9.32 Å². The first kappa shape index (κ1) is 14.8. The predicted molar refractivity (Wildman–Crippen MR) is 82.3 cm³/mol. The van der Waals surface area contributed by atoms with Crippen molar-refractivity contribution in [3.05, 3.63) is 35.7 Å². The second-order valence-corrected chi connectivity index (χ2v) is 5.86. The van der Waals surface area contributed by atoms with Crippen LogP contribution in [0.15, 0.2) is 16.7 Å². The number of hydrogen-bond acceptors (Lipinski definition) is 4. The second kappa shape index (κ2) is 6.77. The summed E-state index contributed by atoms with van der Waals surface area (Å²) >= 11 is 0. The summed E-state index contributed by atoms with van der Waals surface area (Å²) in [6, 6.07) is 3.71. The molecule has 2 heterocycles. The zero-order chi connectivity index (χ0) is 15.4. The molecular formula is C16H21N4O2. The van der Waals surface area contributed by atoms with Gasteiger partial charge in [-0.25, -0.2) is 0 Å². The Bertz CT molecular complexity index is 624. The van der Waals surface area contributed by atoms with E-state index in [0.29, 0.717) is 17.5 Å². The molecule has 117 valence electrons. The smallest absolute Gasteiger partial charge is 0.233 e. The lowest BCUT2D eigenvalue weighted by Gasteiger charge is -2.10. The van der Waals surface area contributed by atoms with Crippen LogP contribution in [0.2, 0.25) is 0 Å². The number of hydrogen-bond donors (Lipinski definition) is 2. The molecular weight excluding hydrogens is 280 g/mol. The summed E-state index contributed by atoms with van der Waals surface area (Å²) in [6.45, 7) is 1.83. The quantitative estimate of drug-likeness (QED) is 0.850. The molecule has 0 bridgehead atoms. The largest absolute Gasteiger partial charge is 0.361 e. The summed E-state index contributed by atoms with van der Waals surface area (Å²) < 4.78 is 5.04. The van der Waals surface area contributed by atoms with Crippen molar-refractivity contribution in [1.29, 1.82) is 0 Å². The Morgan fingerprint density at radius 1 is 1.41 bits per heavy atom. The fourth-order valence-electron chi connectivity index (χ4n) is 2.88. The van der Waals surface area contributed by atoms with Gasteiger partial charge in [-0.1, -0.05) is 18.0 Å². The van der Waals surface area contributed by atoms with Crippen molar-refractivity contribution in [3.63, 3.8) is 0 Å². The predicted octanol–water partition coefficient (Wildman–Crippen LogP) is 3.14. The summed E-state index contributed by atoms with van der Waals surface area (Å²) in [4.78, 5) is 12.0. The van der Waals surface area contributed by atoms with Crippen molar-refractivity contribution >= 4 is 11.7 Å². The summed E-state index contributed by atoms with van der Waals surface area (Å²) in [5.41, 5.74) is 1.89. The minimum atomic E-state index is -0.150. The van der Waals surface area contributed by atoms with Crippen molar-refractivity contribution in [2.45, 2.75) is 51.4 Å². The van der Waals surface area contributed by atoms with E-state index in [4.69, 9.17) is 4.52 Å². The maximum Gasteiger partial charge on any atom is 0.233 e. The van der Waals surface area contributed by atoms with Gasteiger partial charge in [0.15, 0.2) is 5.82 Å². The molecule has 3 rings (SSSR count). The van der Waals surface area contributed by atoms with Gasteiger partial charge in [0, 0.05) is 23.7 Å². The number of H-pyrrole nitrogens is 1. The van der Waals surface area contributed by atoms with Crippen LogP contribution in [0, 0.1) is 13.3 Å². The van der Waals surface area contributed by atoms with Crippen LogP contribution in [0.1, 0.15) is 55.2 Å². The molecule has 2 aromatic rings. The molecule has 1 radical (unpaired) electrons. The van der Waals surface area contributed by atoms with Crippen LogP contribution in [0.25, 0.3) is 0 Å². The molecule has 0 aliphatic heterocycles. The molecule has 2 N–H and O–H groups in total. The highest BCUT2D eigenvalue weighted by molar-refractivity contribution is 5.91. The lowest BCUT2D eigenvalue weighted by atomic mass is 9.97. The van der Waals surface area contributed by atoms with Gasteiger partial charge in [-0.15, -0.1) is 0 Å². The highest BCUT2D eigenvalue weighted by atomic mass is 16.5. The molecule has 6 nitrogen and oxygen atoms in total. The van der Waals surface area contributed by atoms with Crippen LogP contribution in [-0.4, -0.2) is 21.3 Å². The van der Waals surface area contributed by atoms with Gasteiger partial charge in [0.25, 0.3) is 0 Å². The first-order valence-corrected chi connectivity index (χ1v) is 7.80. The highest BCUT2D eigenvalue weighted by Crippen LogP contribution is 2.30. The number of nitrogens with one attached hydrogen (secondary N) is 2. The van der Waals surface area contributed by atoms with Gasteiger partial charge in [-0.05, 0) is 32.6 Å². The molecule has 0 saturated heterocycles. The third-order valence-corrected chi connectivity index (χ3v) is 4.00. The van der Waals surface area contributed by atoms with E-state index in [0.717, 1.165) is 24.2 Å². The Hall–Kier alpha value is -2.11. The van der Waals surface area contributed by atoms with Gasteiger partial charge in [-0.3, -0.25) is 9.89 Å². The van der Waals surface area contributed by atoms with E-state index in [2.05, 4.69) is 27.1 Å². The summed E-state index contributed by atoms with van der Waals surface area (Å²) in [7, 11) is 0. The number of aryl methyl sites for hydroxylation is 1. The number of aromatic nitrogens is 3. The molecule has 2 aromatic heterocycles. The topological polar surface area (TPSA) is 83.8 Å². The maximum absolute atomic E-state index is 12.0. The molecule has 1 aliphatic carbocycles. The minimum absolute atomic E-state index is 0.150. The molecule has 1 amide bonds. The fraction of sp³-hybridized carbons (Fsp3) is 0.500. The summed E-state index contributed by atoms with van der Waals surface area (Å²) in [5.74, 6) is 1.49. The molecule has 6 heteroatoms. The number of carbonyl (C=O) groups is 1. The van der Waals surface area contributed by atoms with Gasteiger partial charge in [0.05, 0.1) is 12.1 Å². The standard InChI is InChI=1S/C16H21N4O2/c1-11-8-13(22-20-11)9-16(21)17-15-10-14(18-19-15)12-6-4-2-3-5-7-12/h2,8,10,12H,3-7,9H2,1H3,(H2,17,18,19,21).